The number of hydrogen-bond acceptors (Lipinski definition) is 6. The summed E-state index contributed by atoms with van der Waals surface area (Å²) in [5, 5.41) is 11.0. The summed E-state index contributed by atoms with van der Waals surface area (Å²) in [5.41, 5.74) is 5.27. The Hall–Kier alpha value is -2.38. The molecule has 0 radical (unpaired) electrons. The molecule has 6 nitrogen and oxygen atoms in total. The Morgan fingerprint density at radius 1 is 1.12 bits per heavy atom. The molecule has 1 aliphatic rings. The van der Waals surface area contributed by atoms with E-state index in [0.717, 1.165) is 41.2 Å². The van der Waals surface area contributed by atoms with Crippen molar-refractivity contribution in [3.05, 3.63) is 77.5 Å². The largest absolute Gasteiger partial charge is 1.00 e. The zero-order chi connectivity index (χ0) is 22.5. The number of rotatable bonds is 9. The maximum Gasteiger partial charge on any atom is 1.00 e. The molecule has 0 spiro atoms. The average Bonchev–Trinajstić information content (AvgIpc) is 3.22. The quantitative estimate of drug-likeness (QED) is 0.449. The fraction of sp³-hybridized carbons (Fsp3) is 0.308. The number of methoxy groups -OCH3 is 1. The van der Waals surface area contributed by atoms with Crippen LogP contribution in [0.4, 0.5) is 0 Å². The van der Waals surface area contributed by atoms with Crippen LogP contribution >= 0.6 is 0 Å². The van der Waals surface area contributed by atoms with Gasteiger partial charge < -0.3 is 24.1 Å². The molecule has 7 heteroatoms. The summed E-state index contributed by atoms with van der Waals surface area (Å²) in [4.78, 5) is 15.6. The van der Waals surface area contributed by atoms with Crippen LogP contribution in [0.1, 0.15) is 48.7 Å². The second-order valence-electron chi connectivity index (χ2n) is 7.69. The first-order chi connectivity index (χ1) is 15.6. The summed E-state index contributed by atoms with van der Waals surface area (Å²) in [6.45, 7) is 2.27. The van der Waals surface area contributed by atoms with Crippen molar-refractivity contribution in [1.82, 2.24) is 4.98 Å². The second-order valence-corrected chi connectivity index (χ2v) is 7.69. The van der Waals surface area contributed by atoms with Crippen LogP contribution in [0, 0.1) is 0 Å². The zero-order valence-electron chi connectivity index (χ0n) is 19.2. The molecule has 0 N–H and O–H groups in total. The number of carboxylic acid groups (broad SMARTS) is 1. The fourth-order valence-electron chi connectivity index (χ4n) is 4.19. The predicted molar refractivity (Wildman–Crippen MR) is 118 cm³/mol. The molecule has 0 fully saturated rings. The monoisotopic (exact) mass is 455 g/mol. The summed E-state index contributed by atoms with van der Waals surface area (Å²) in [5.74, 6) is 0.342. The molecule has 1 heterocycles. The average molecular weight is 455 g/mol. The van der Waals surface area contributed by atoms with E-state index in [0.29, 0.717) is 6.61 Å². The number of aliphatic carboxylic acids is 1. The minimum Gasteiger partial charge on any atom is -0.550 e. The molecular formula is C26H26NNaO5. The molecule has 0 unspecified atom stereocenters. The molecule has 1 aliphatic carbocycles. The number of carbonyl (C=O) groups excluding carboxylic acids is 1. The topological polar surface area (TPSA) is 80.7 Å². The first-order valence-corrected chi connectivity index (χ1v) is 10.8. The number of carbonyl (C=O) groups is 1. The molecule has 0 aliphatic heterocycles. The van der Waals surface area contributed by atoms with Crippen molar-refractivity contribution in [1.29, 1.82) is 0 Å². The van der Waals surface area contributed by atoms with E-state index in [-0.39, 0.29) is 42.1 Å². The van der Waals surface area contributed by atoms with Gasteiger partial charge >= 0.3 is 29.6 Å². The van der Waals surface area contributed by atoms with Gasteiger partial charge in [0.25, 0.3) is 0 Å². The van der Waals surface area contributed by atoms with Crippen LogP contribution in [0.3, 0.4) is 0 Å². The van der Waals surface area contributed by atoms with E-state index < -0.39 is 12.1 Å². The molecular weight excluding hydrogens is 429 g/mol. The Morgan fingerprint density at radius 3 is 2.52 bits per heavy atom. The van der Waals surface area contributed by atoms with Gasteiger partial charge in [0.05, 0.1) is 25.1 Å². The van der Waals surface area contributed by atoms with Crippen molar-refractivity contribution in [2.45, 2.75) is 38.4 Å². The maximum absolute atomic E-state index is 11.0. The SMILES string of the molecule is CCO[C@@H](CC(=O)[O-])c1ccc(O[C@@H]2CCc3c(-c4ccc(OC)cn4)cccc32)cc1.[Na+]. The molecule has 2 aromatic carbocycles. The number of carboxylic acids is 1. The van der Waals surface area contributed by atoms with Crippen LogP contribution in [0.2, 0.25) is 0 Å². The molecule has 0 amide bonds. The van der Waals surface area contributed by atoms with Gasteiger partial charge in [0.2, 0.25) is 0 Å². The van der Waals surface area contributed by atoms with Crippen LogP contribution in [-0.4, -0.2) is 24.7 Å². The van der Waals surface area contributed by atoms with E-state index in [4.69, 9.17) is 14.2 Å². The smallest absolute Gasteiger partial charge is 0.550 e. The van der Waals surface area contributed by atoms with Crippen molar-refractivity contribution in [3.8, 4) is 22.8 Å². The van der Waals surface area contributed by atoms with Gasteiger partial charge in [-0.3, -0.25) is 4.98 Å². The fourth-order valence-corrected chi connectivity index (χ4v) is 4.19. The van der Waals surface area contributed by atoms with E-state index >= 15 is 0 Å². The Balaban J connectivity index is 0.00000306. The molecule has 2 atom stereocenters. The third-order valence-electron chi connectivity index (χ3n) is 5.71. The van der Waals surface area contributed by atoms with Crippen LogP contribution in [0.25, 0.3) is 11.3 Å². The van der Waals surface area contributed by atoms with Gasteiger partial charge in [-0.2, -0.15) is 0 Å². The summed E-state index contributed by atoms with van der Waals surface area (Å²) in [6, 6.07) is 17.6. The van der Waals surface area contributed by atoms with E-state index in [2.05, 4.69) is 17.1 Å². The van der Waals surface area contributed by atoms with Gasteiger partial charge in [0, 0.05) is 24.6 Å². The Labute approximate surface area is 216 Å². The van der Waals surface area contributed by atoms with Crippen LogP contribution < -0.4 is 44.1 Å². The van der Waals surface area contributed by atoms with Gasteiger partial charge in [-0.15, -0.1) is 0 Å². The van der Waals surface area contributed by atoms with Crippen LogP contribution in [0.5, 0.6) is 11.5 Å². The number of hydrogen-bond donors (Lipinski definition) is 0. The summed E-state index contributed by atoms with van der Waals surface area (Å²) >= 11 is 0. The molecule has 1 aromatic heterocycles. The normalized spacial score (nSPS) is 15.3. The Bertz CT molecular complexity index is 1070. The molecule has 33 heavy (non-hydrogen) atoms. The number of fused-ring (bicyclic) bond motifs is 1. The number of benzene rings is 2. The molecule has 0 saturated carbocycles. The Morgan fingerprint density at radius 2 is 1.88 bits per heavy atom. The van der Waals surface area contributed by atoms with Crippen LogP contribution in [-0.2, 0) is 16.0 Å². The molecule has 4 rings (SSSR count). The summed E-state index contributed by atoms with van der Waals surface area (Å²) < 4.78 is 17.1. The van der Waals surface area contributed by atoms with E-state index in [1.807, 2.05) is 49.4 Å². The maximum atomic E-state index is 11.0. The standard InChI is InChI=1S/C26H27NO5.Na/c1-3-31-25(15-26(28)29)17-7-9-18(10-8-17)32-24-14-12-20-21(5-4-6-22(20)24)23-13-11-19(30-2)16-27-23;/h4-11,13,16,24-25H,3,12,14-15H2,1-2H3,(H,28,29);/q;+1/p-1/t24-,25+;/m1./s1. The molecule has 0 saturated heterocycles. The van der Waals surface area contributed by atoms with Crippen molar-refractivity contribution in [3.63, 3.8) is 0 Å². The zero-order valence-corrected chi connectivity index (χ0v) is 21.2. The van der Waals surface area contributed by atoms with Crippen molar-refractivity contribution >= 4 is 5.97 Å². The van der Waals surface area contributed by atoms with Gasteiger partial charge in [0.1, 0.15) is 17.6 Å². The first-order valence-electron chi connectivity index (χ1n) is 10.8. The van der Waals surface area contributed by atoms with E-state index in [9.17, 15) is 9.90 Å². The third kappa shape index (κ3) is 5.95. The van der Waals surface area contributed by atoms with Crippen molar-refractivity contribution < 1.29 is 53.7 Å². The van der Waals surface area contributed by atoms with E-state index in [1.54, 1.807) is 13.3 Å². The number of pyridine rings is 1. The first kappa shape index (κ1) is 25.2. The number of ether oxygens (including phenoxy) is 3. The van der Waals surface area contributed by atoms with Gasteiger partial charge in [-0.25, -0.2) is 0 Å². The summed E-state index contributed by atoms with van der Waals surface area (Å²) in [7, 11) is 1.63. The second kappa shape index (κ2) is 11.7. The van der Waals surface area contributed by atoms with Crippen molar-refractivity contribution in [2.75, 3.05) is 13.7 Å². The van der Waals surface area contributed by atoms with E-state index in [1.165, 1.54) is 11.1 Å². The Kier molecular flexibility index (Phi) is 8.92. The van der Waals surface area contributed by atoms with Crippen LogP contribution in [0.15, 0.2) is 60.8 Å². The molecule has 0 bridgehead atoms. The van der Waals surface area contributed by atoms with Gasteiger partial charge in [-0.05, 0) is 60.7 Å². The minimum absolute atomic E-state index is 0. The van der Waals surface area contributed by atoms with Crippen molar-refractivity contribution in [2.24, 2.45) is 0 Å². The number of nitrogens with zero attached hydrogens (tertiary/aromatic N) is 1. The molecule has 166 valence electrons. The third-order valence-corrected chi connectivity index (χ3v) is 5.71. The predicted octanol–water partition coefficient (Wildman–Crippen LogP) is 1.05. The minimum atomic E-state index is -1.13. The number of aromatic nitrogens is 1. The summed E-state index contributed by atoms with van der Waals surface area (Å²) in [6.07, 6.45) is 2.79. The van der Waals surface area contributed by atoms with Gasteiger partial charge in [0.15, 0.2) is 0 Å². The van der Waals surface area contributed by atoms with Gasteiger partial charge in [-0.1, -0.05) is 30.3 Å². The molecule has 3 aromatic rings.